The number of ether oxygens (including phenoxy) is 1. The highest BCUT2D eigenvalue weighted by Gasteiger charge is 2.17. The zero-order chi connectivity index (χ0) is 16.8. The summed E-state index contributed by atoms with van der Waals surface area (Å²) in [5.74, 6) is 0.328. The standard InChI is InChI=1S/C19H22N2O3/c22-21(23)18-14-16(10-13-20-11-4-5-12-20)8-9-19(18)24-15-17-6-2-1-3-7-17/h1-3,6-9,14H,4-5,10-13,15H2. The highest BCUT2D eigenvalue weighted by Crippen LogP contribution is 2.29. The van der Waals surface area contributed by atoms with E-state index in [-0.39, 0.29) is 10.6 Å². The monoisotopic (exact) mass is 326 g/mol. The molecule has 0 aliphatic carbocycles. The maximum absolute atomic E-state index is 11.4. The Labute approximate surface area is 142 Å². The Morgan fingerprint density at radius 1 is 1.04 bits per heavy atom. The van der Waals surface area contributed by atoms with Crippen molar-refractivity contribution in [1.29, 1.82) is 0 Å². The van der Waals surface area contributed by atoms with Crippen LogP contribution in [0, 0.1) is 10.1 Å². The van der Waals surface area contributed by atoms with Crippen molar-refractivity contribution in [2.24, 2.45) is 0 Å². The lowest BCUT2D eigenvalue weighted by Gasteiger charge is -2.14. The molecular formula is C19H22N2O3. The maximum Gasteiger partial charge on any atom is 0.311 e. The van der Waals surface area contributed by atoms with E-state index in [0.717, 1.165) is 37.2 Å². The van der Waals surface area contributed by atoms with Gasteiger partial charge in [0, 0.05) is 12.6 Å². The number of hydrogen-bond acceptors (Lipinski definition) is 4. The van der Waals surface area contributed by atoms with Crippen molar-refractivity contribution in [3.05, 3.63) is 69.8 Å². The minimum absolute atomic E-state index is 0.0462. The minimum atomic E-state index is -0.361. The van der Waals surface area contributed by atoms with Crippen LogP contribution < -0.4 is 4.74 Å². The first-order chi connectivity index (χ1) is 11.7. The predicted octanol–water partition coefficient (Wildman–Crippen LogP) is 3.81. The van der Waals surface area contributed by atoms with Gasteiger partial charge in [-0.25, -0.2) is 0 Å². The molecular weight excluding hydrogens is 304 g/mol. The van der Waals surface area contributed by atoms with E-state index < -0.39 is 0 Å². The highest BCUT2D eigenvalue weighted by molar-refractivity contribution is 5.48. The Hall–Kier alpha value is -2.40. The average Bonchev–Trinajstić information content (AvgIpc) is 3.13. The van der Waals surface area contributed by atoms with E-state index in [1.54, 1.807) is 12.1 Å². The number of benzene rings is 2. The number of nitro groups is 1. The molecule has 1 fully saturated rings. The SMILES string of the molecule is O=[N+]([O-])c1cc(CCN2CCCC2)ccc1OCc1ccccc1. The lowest BCUT2D eigenvalue weighted by molar-refractivity contribution is -0.386. The average molecular weight is 326 g/mol. The fourth-order valence-corrected chi connectivity index (χ4v) is 3.01. The highest BCUT2D eigenvalue weighted by atomic mass is 16.6. The van der Waals surface area contributed by atoms with Gasteiger partial charge in [-0.2, -0.15) is 0 Å². The largest absolute Gasteiger partial charge is 0.482 e. The van der Waals surface area contributed by atoms with Gasteiger partial charge in [0.15, 0.2) is 5.75 Å². The number of hydrogen-bond donors (Lipinski definition) is 0. The Kier molecular flexibility index (Phi) is 5.43. The Bertz CT molecular complexity index is 682. The van der Waals surface area contributed by atoms with Crippen LogP contribution in [-0.2, 0) is 13.0 Å². The molecule has 1 heterocycles. The summed E-state index contributed by atoms with van der Waals surface area (Å²) in [5, 5.41) is 11.4. The number of nitro benzene ring substituents is 1. The molecule has 24 heavy (non-hydrogen) atoms. The normalized spacial score (nSPS) is 14.7. The number of likely N-dealkylation sites (tertiary alicyclic amines) is 1. The van der Waals surface area contributed by atoms with Gasteiger partial charge < -0.3 is 9.64 Å². The molecule has 0 atom stereocenters. The third kappa shape index (κ3) is 4.32. The fraction of sp³-hybridized carbons (Fsp3) is 0.368. The van der Waals surface area contributed by atoms with Crippen molar-refractivity contribution in [2.45, 2.75) is 25.9 Å². The molecule has 5 nitrogen and oxygen atoms in total. The molecule has 1 aliphatic rings. The molecule has 126 valence electrons. The lowest BCUT2D eigenvalue weighted by Crippen LogP contribution is -2.21. The van der Waals surface area contributed by atoms with Gasteiger partial charge in [0.2, 0.25) is 0 Å². The summed E-state index contributed by atoms with van der Waals surface area (Å²) in [6, 6.07) is 15.0. The molecule has 0 spiro atoms. The van der Waals surface area contributed by atoms with Crippen LogP contribution >= 0.6 is 0 Å². The van der Waals surface area contributed by atoms with Crippen molar-refractivity contribution in [3.8, 4) is 5.75 Å². The van der Waals surface area contributed by atoms with E-state index in [1.807, 2.05) is 36.4 Å². The number of rotatable bonds is 7. The maximum atomic E-state index is 11.4. The zero-order valence-corrected chi connectivity index (χ0v) is 13.7. The third-order valence-corrected chi connectivity index (χ3v) is 4.37. The van der Waals surface area contributed by atoms with Crippen LogP contribution in [-0.4, -0.2) is 29.5 Å². The van der Waals surface area contributed by atoms with E-state index in [4.69, 9.17) is 4.74 Å². The molecule has 1 aliphatic heterocycles. The van der Waals surface area contributed by atoms with Crippen LogP contribution in [0.5, 0.6) is 5.75 Å². The van der Waals surface area contributed by atoms with E-state index in [0.29, 0.717) is 12.4 Å². The molecule has 0 aromatic heterocycles. The van der Waals surface area contributed by atoms with Crippen molar-refractivity contribution in [1.82, 2.24) is 4.90 Å². The first-order valence-electron chi connectivity index (χ1n) is 8.39. The summed E-state index contributed by atoms with van der Waals surface area (Å²) in [6.07, 6.45) is 3.35. The quantitative estimate of drug-likeness (QED) is 0.573. The molecule has 2 aromatic carbocycles. The zero-order valence-electron chi connectivity index (χ0n) is 13.7. The molecule has 5 heteroatoms. The topological polar surface area (TPSA) is 55.6 Å². The molecule has 0 unspecified atom stereocenters. The number of nitrogens with zero attached hydrogens (tertiary/aromatic N) is 2. The Balaban J connectivity index is 1.66. The van der Waals surface area contributed by atoms with Gasteiger partial charge in [-0.05, 0) is 49.5 Å². The van der Waals surface area contributed by atoms with Crippen LogP contribution in [0.2, 0.25) is 0 Å². The van der Waals surface area contributed by atoms with E-state index in [2.05, 4.69) is 4.90 Å². The van der Waals surface area contributed by atoms with Gasteiger partial charge in [0.05, 0.1) is 4.92 Å². The molecule has 0 N–H and O–H groups in total. The van der Waals surface area contributed by atoms with Crippen molar-refractivity contribution in [2.75, 3.05) is 19.6 Å². The van der Waals surface area contributed by atoms with E-state index in [1.165, 1.54) is 12.8 Å². The van der Waals surface area contributed by atoms with Crippen LogP contribution in [0.25, 0.3) is 0 Å². The minimum Gasteiger partial charge on any atom is -0.482 e. The molecule has 1 saturated heterocycles. The van der Waals surface area contributed by atoms with Crippen molar-refractivity contribution in [3.63, 3.8) is 0 Å². The van der Waals surface area contributed by atoms with E-state index in [9.17, 15) is 10.1 Å². The van der Waals surface area contributed by atoms with Crippen molar-refractivity contribution < 1.29 is 9.66 Å². The van der Waals surface area contributed by atoms with Crippen LogP contribution in [0.1, 0.15) is 24.0 Å². The van der Waals surface area contributed by atoms with Gasteiger partial charge in [-0.3, -0.25) is 10.1 Å². The second kappa shape index (κ2) is 7.93. The molecule has 3 rings (SSSR count). The smallest absolute Gasteiger partial charge is 0.311 e. The predicted molar refractivity (Wildman–Crippen MR) is 93.2 cm³/mol. The van der Waals surface area contributed by atoms with Gasteiger partial charge in [-0.1, -0.05) is 36.4 Å². The van der Waals surface area contributed by atoms with Gasteiger partial charge in [0.1, 0.15) is 6.61 Å². The fourth-order valence-electron chi connectivity index (χ4n) is 3.01. The second-order valence-electron chi connectivity index (χ2n) is 6.13. The summed E-state index contributed by atoms with van der Waals surface area (Å²) < 4.78 is 5.67. The molecule has 0 radical (unpaired) electrons. The first-order valence-corrected chi connectivity index (χ1v) is 8.39. The molecule has 0 saturated carbocycles. The van der Waals surface area contributed by atoms with Gasteiger partial charge in [-0.15, -0.1) is 0 Å². The lowest BCUT2D eigenvalue weighted by atomic mass is 10.1. The first kappa shape index (κ1) is 16.5. The summed E-state index contributed by atoms with van der Waals surface area (Å²) in [5.41, 5.74) is 2.02. The van der Waals surface area contributed by atoms with Gasteiger partial charge >= 0.3 is 5.69 Å². The van der Waals surface area contributed by atoms with Crippen molar-refractivity contribution >= 4 is 5.69 Å². The second-order valence-corrected chi connectivity index (χ2v) is 6.13. The summed E-state index contributed by atoms with van der Waals surface area (Å²) >= 11 is 0. The molecule has 2 aromatic rings. The Morgan fingerprint density at radius 2 is 1.79 bits per heavy atom. The van der Waals surface area contributed by atoms with E-state index >= 15 is 0 Å². The molecule has 0 bridgehead atoms. The summed E-state index contributed by atoms with van der Waals surface area (Å²) in [7, 11) is 0. The van der Waals surface area contributed by atoms with Crippen LogP contribution in [0.4, 0.5) is 5.69 Å². The molecule has 0 amide bonds. The summed E-state index contributed by atoms with van der Waals surface area (Å²) in [4.78, 5) is 13.4. The summed E-state index contributed by atoms with van der Waals surface area (Å²) in [6.45, 7) is 3.57. The van der Waals surface area contributed by atoms with Crippen LogP contribution in [0.3, 0.4) is 0 Å². The van der Waals surface area contributed by atoms with Crippen LogP contribution in [0.15, 0.2) is 48.5 Å². The third-order valence-electron chi connectivity index (χ3n) is 4.37. The van der Waals surface area contributed by atoms with Gasteiger partial charge in [0.25, 0.3) is 0 Å². The Morgan fingerprint density at radius 3 is 2.50 bits per heavy atom.